The highest BCUT2D eigenvalue weighted by Gasteiger charge is 2.25. The molecule has 0 unspecified atom stereocenters. The largest absolute Gasteiger partial charge is 0.351 e. The molecule has 3 aromatic rings. The summed E-state index contributed by atoms with van der Waals surface area (Å²) in [5.41, 5.74) is 3.19. The SMILES string of the molecule is CN(C)CCN(C)c1nc2c3c([nH]nc3n1)CCN2Cc1ccccc1. The zero-order valence-electron chi connectivity index (χ0n) is 15.6. The minimum absolute atomic E-state index is 0.729. The van der Waals surface area contributed by atoms with Gasteiger partial charge in [0.05, 0.1) is 11.1 Å². The molecule has 1 aromatic carbocycles. The third kappa shape index (κ3) is 3.22. The van der Waals surface area contributed by atoms with Gasteiger partial charge in [0.15, 0.2) is 5.65 Å². The van der Waals surface area contributed by atoms with E-state index in [0.717, 1.165) is 61.1 Å². The molecule has 0 spiro atoms. The molecule has 2 aromatic heterocycles. The number of benzene rings is 1. The standard InChI is InChI=1S/C19H25N7/c1-24(2)11-12-25(3)19-20-17-16-15(22-23-17)9-10-26(18(16)21-19)13-14-7-5-4-6-8-14/h4-8H,9-13H2,1-3H3,(H,20,21,22,23). The van der Waals surface area contributed by atoms with E-state index in [1.54, 1.807) is 0 Å². The average molecular weight is 351 g/mol. The van der Waals surface area contributed by atoms with E-state index in [1.807, 2.05) is 7.05 Å². The van der Waals surface area contributed by atoms with E-state index in [2.05, 4.69) is 74.3 Å². The van der Waals surface area contributed by atoms with Crippen LogP contribution < -0.4 is 9.80 Å². The van der Waals surface area contributed by atoms with E-state index in [0.29, 0.717) is 0 Å². The van der Waals surface area contributed by atoms with Crippen LogP contribution in [0.5, 0.6) is 0 Å². The second-order valence-corrected chi connectivity index (χ2v) is 7.13. The van der Waals surface area contributed by atoms with E-state index < -0.39 is 0 Å². The molecular weight excluding hydrogens is 326 g/mol. The molecular formula is C19H25N7. The van der Waals surface area contributed by atoms with Crippen LogP contribution in [0, 0.1) is 0 Å². The van der Waals surface area contributed by atoms with Crippen molar-refractivity contribution in [3.8, 4) is 0 Å². The molecule has 3 heterocycles. The van der Waals surface area contributed by atoms with Gasteiger partial charge in [-0.25, -0.2) is 0 Å². The number of hydrogen-bond acceptors (Lipinski definition) is 6. The monoisotopic (exact) mass is 351 g/mol. The summed E-state index contributed by atoms with van der Waals surface area (Å²) in [5, 5.41) is 8.65. The first-order chi connectivity index (χ1) is 12.6. The van der Waals surface area contributed by atoms with Crippen LogP contribution in [0.15, 0.2) is 30.3 Å². The molecule has 0 fully saturated rings. The minimum atomic E-state index is 0.729. The normalized spacial score (nSPS) is 13.6. The molecule has 0 saturated carbocycles. The number of aromatic nitrogens is 4. The molecule has 0 atom stereocenters. The Morgan fingerprint density at radius 2 is 1.88 bits per heavy atom. The van der Waals surface area contributed by atoms with Crippen LogP contribution >= 0.6 is 0 Å². The maximum atomic E-state index is 4.92. The van der Waals surface area contributed by atoms with Gasteiger partial charge in [0.25, 0.3) is 0 Å². The van der Waals surface area contributed by atoms with Gasteiger partial charge in [-0.15, -0.1) is 0 Å². The van der Waals surface area contributed by atoms with Crippen molar-refractivity contribution in [2.75, 3.05) is 50.6 Å². The maximum Gasteiger partial charge on any atom is 0.229 e. The molecule has 1 aliphatic heterocycles. The quantitative estimate of drug-likeness (QED) is 0.732. The highest BCUT2D eigenvalue weighted by Crippen LogP contribution is 2.32. The Balaban J connectivity index is 1.69. The van der Waals surface area contributed by atoms with Gasteiger partial charge in [-0.05, 0) is 19.7 Å². The lowest BCUT2D eigenvalue weighted by Crippen LogP contribution is -2.32. The molecule has 136 valence electrons. The highest BCUT2D eigenvalue weighted by molar-refractivity contribution is 5.91. The summed E-state index contributed by atoms with van der Waals surface area (Å²) < 4.78 is 0. The van der Waals surface area contributed by atoms with Crippen molar-refractivity contribution >= 4 is 22.8 Å². The first-order valence-corrected chi connectivity index (χ1v) is 9.01. The van der Waals surface area contributed by atoms with Gasteiger partial charge in [0.2, 0.25) is 5.95 Å². The summed E-state index contributed by atoms with van der Waals surface area (Å²) in [6, 6.07) is 10.5. The van der Waals surface area contributed by atoms with E-state index in [9.17, 15) is 0 Å². The van der Waals surface area contributed by atoms with Gasteiger partial charge in [-0.3, -0.25) is 5.10 Å². The Kier molecular flexibility index (Phi) is 4.46. The van der Waals surface area contributed by atoms with Crippen LogP contribution in [-0.2, 0) is 13.0 Å². The second kappa shape index (κ2) is 6.92. The van der Waals surface area contributed by atoms with Crippen molar-refractivity contribution in [1.29, 1.82) is 0 Å². The van der Waals surface area contributed by atoms with Crippen LogP contribution in [0.2, 0.25) is 0 Å². The molecule has 0 saturated heterocycles. The van der Waals surface area contributed by atoms with Gasteiger partial charge in [0.1, 0.15) is 5.82 Å². The number of likely N-dealkylation sites (N-methyl/N-ethyl adjacent to an activating group) is 2. The first-order valence-electron chi connectivity index (χ1n) is 9.01. The van der Waals surface area contributed by atoms with Crippen molar-refractivity contribution < 1.29 is 0 Å². The van der Waals surface area contributed by atoms with Crippen molar-refractivity contribution in [3.63, 3.8) is 0 Å². The van der Waals surface area contributed by atoms with Crippen molar-refractivity contribution in [2.24, 2.45) is 0 Å². The number of aromatic amines is 1. The van der Waals surface area contributed by atoms with Crippen LogP contribution in [0.3, 0.4) is 0 Å². The predicted octanol–water partition coefficient (Wildman–Crippen LogP) is 1.91. The molecule has 1 N–H and O–H groups in total. The zero-order chi connectivity index (χ0) is 18.1. The van der Waals surface area contributed by atoms with E-state index in [1.165, 1.54) is 5.56 Å². The van der Waals surface area contributed by atoms with Gasteiger partial charge in [-0.2, -0.15) is 15.1 Å². The van der Waals surface area contributed by atoms with Crippen LogP contribution in [0.25, 0.3) is 11.0 Å². The van der Waals surface area contributed by atoms with E-state index >= 15 is 0 Å². The van der Waals surface area contributed by atoms with Crippen molar-refractivity contribution in [2.45, 2.75) is 13.0 Å². The number of hydrogen-bond donors (Lipinski definition) is 1. The first kappa shape index (κ1) is 16.8. The molecule has 0 amide bonds. The average Bonchev–Trinajstić information content (AvgIpc) is 3.07. The molecule has 1 aliphatic rings. The number of nitrogens with zero attached hydrogens (tertiary/aromatic N) is 6. The number of H-pyrrole nitrogens is 1. The Hall–Kier alpha value is -2.67. The van der Waals surface area contributed by atoms with Crippen molar-refractivity contribution in [1.82, 2.24) is 25.1 Å². The second-order valence-electron chi connectivity index (χ2n) is 7.13. The molecule has 26 heavy (non-hydrogen) atoms. The highest BCUT2D eigenvalue weighted by atomic mass is 15.3. The topological polar surface area (TPSA) is 64.2 Å². The summed E-state index contributed by atoms with van der Waals surface area (Å²) in [6.45, 7) is 3.59. The smallest absolute Gasteiger partial charge is 0.229 e. The van der Waals surface area contributed by atoms with Crippen LogP contribution in [0.4, 0.5) is 11.8 Å². The Morgan fingerprint density at radius 1 is 1.08 bits per heavy atom. The van der Waals surface area contributed by atoms with Crippen LogP contribution in [-0.4, -0.2) is 65.8 Å². The Labute approximate surface area is 153 Å². The molecule has 0 bridgehead atoms. The summed E-state index contributed by atoms with van der Waals surface area (Å²) in [5.74, 6) is 1.72. The van der Waals surface area contributed by atoms with E-state index in [-0.39, 0.29) is 0 Å². The van der Waals surface area contributed by atoms with E-state index in [4.69, 9.17) is 4.98 Å². The van der Waals surface area contributed by atoms with Crippen molar-refractivity contribution in [3.05, 3.63) is 41.6 Å². The molecule has 7 nitrogen and oxygen atoms in total. The molecule has 0 aliphatic carbocycles. The number of nitrogens with one attached hydrogen (secondary N) is 1. The molecule has 0 radical (unpaired) electrons. The lowest BCUT2D eigenvalue weighted by Gasteiger charge is -2.29. The number of anilines is 2. The Morgan fingerprint density at radius 3 is 2.65 bits per heavy atom. The van der Waals surface area contributed by atoms with Gasteiger partial charge in [-0.1, -0.05) is 30.3 Å². The summed E-state index contributed by atoms with van der Waals surface area (Å²) in [4.78, 5) is 16.2. The fourth-order valence-corrected chi connectivity index (χ4v) is 3.29. The third-order valence-corrected chi connectivity index (χ3v) is 4.83. The predicted molar refractivity (Wildman–Crippen MR) is 105 cm³/mol. The third-order valence-electron chi connectivity index (χ3n) is 4.83. The van der Waals surface area contributed by atoms with Crippen LogP contribution in [0.1, 0.15) is 11.3 Å². The molecule has 4 rings (SSSR count). The van der Waals surface area contributed by atoms with Gasteiger partial charge in [0, 0.05) is 39.6 Å². The van der Waals surface area contributed by atoms with Gasteiger partial charge >= 0.3 is 0 Å². The summed E-state index contributed by atoms with van der Waals surface area (Å²) in [6.07, 6.45) is 0.940. The molecule has 7 heteroatoms. The zero-order valence-corrected chi connectivity index (χ0v) is 15.6. The summed E-state index contributed by atoms with van der Waals surface area (Å²) in [7, 11) is 6.18. The lowest BCUT2D eigenvalue weighted by atomic mass is 10.1. The Bertz CT molecular complexity index is 888. The maximum absolute atomic E-state index is 4.92. The lowest BCUT2D eigenvalue weighted by molar-refractivity contribution is 0.415. The fourth-order valence-electron chi connectivity index (χ4n) is 3.29. The minimum Gasteiger partial charge on any atom is -0.351 e. The summed E-state index contributed by atoms with van der Waals surface area (Å²) >= 11 is 0. The fraction of sp³-hybridized carbons (Fsp3) is 0.421. The number of rotatable bonds is 6. The van der Waals surface area contributed by atoms with Gasteiger partial charge < -0.3 is 14.7 Å².